The summed E-state index contributed by atoms with van der Waals surface area (Å²) in [5.74, 6) is -0.226. The van der Waals surface area contributed by atoms with Crippen LogP contribution in [0.25, 0.3) is 22.3 Å². The van der Waals surface area contributed by atoms with Crippen LogP contribution in [0.2, 0.25) is 5.15 Å². The largest absolute Gasteiger partial charge is 0.455 e. The van der Waals surface area contributed by atoms with E-state index in [-0.39, 0.29) is 22.3 Å². The average molecular weight is 452 g/mol. The van der Waals surface area contributed by atoms with Crippen molar-refractivity contribution < 1.29 is 9.21 Å². The summed E-state index contributed by atoms with van der Waals surface area (Å²) in [5, 5.41) is 8.09. The Morgan fingerprint density at radius 1 is 1.28 bits per heavy atom. The number of anilines is 1. The molecule has 4 rings (SSSR count). The normalized spacial score (nSPS) is 12.2. The lowest BCUT2D eigenvalue weighted by Gasteiger charge is -2.19. The van der Waals surface area contributed by atoms with Gasteiger partial charge in [-0.1, -0.05) is 17.7 Å². The molecule has 0 aliphatic heterocycles. The number of aryl methyl sites for hydroxylation is 2. The van der Waals surface area contributed by atoms with Crippen molar-refractivity contribution in [1.29, 1.82) is 0 Å². The minimum Gasteiger partial charge on any atom is -0.455 e. The summed E-state index contributed by atoms with van der Waals surface area (Å²) < 4.78 is 7.94. The second-order valence-electron chi connectivity index (χ2n) is 7.78. The van der Waals surface area contributed by atoms with Gasteiger partial charge in [-0.15, -0.1) is 0 Å². The lowest BCUT2D eigenvalue weighted by molar-refractivity contribution is 0.0996. The van der Waals surface area contributed by atoms with Crippen molar-refractivity contribution in [2.75, 3.05) is 5.32 Å². The van der Waals surface area contributed by atoms with Gasteiger partial charge in [-0.2, -0.15) is 5.10 Å². The summed E-state index contributed by atoms with van der Waals surface area (Å²) in [6.07, 6.45) is 3.45. The molecule has 164 valence electrons. The lowest BCUT2D eigenvalue weighted by Crippen LogP contribution is -2.18. The zero-order valence-corrected chi connectivity index (χ0v) is 18.8. The van der Waals surface area contributed by atoms with Crippen LogP contribution in [0.1, 0.15) is 40.1 Å². The van der Waals surface area contributed by atoms with Gasteiger partial charge in [-0.25, -0.2) is 4.98 Å². The number of halogens is 1. The van der Waals surface area contributed by atoms with Gasteiger partial charge in [-0.05, 0) is 44.5 Å². The van der Waals surface area contributed by atoms with Crippen LogP contribution < -0.4 is 16.5 Å². The minimum atomic E-state index is -0.697. The van der Waals surface area contributed by atoms with E-state index in [9.17, 15) is 9.59 Å². The summed E-state index contributed by atoms with van der Waals surface area (Å²) in [4.78, 5) is 29.1. The molecule has 0 radical (unpaired) electrons. The molecular formula is C23H22ClN5O3. The molecule has 0 aliphatic carbocycles. The van der Waals surface area contributed by atoms with Crippen LogP contribution in [-0.4, -0.2) is 20.7 Å². The zero-order chi connectivity index (χ0) is 23.2. The van der Waals surface area contributed by atoms with E-state index in [4.69, 9.17) is 21.8 Å². The van der Waals surface area contributed by atoms with E-state index in [1.54, 1.807) is 43.2 Å². The van der Waals surface area contributed by atoms with Crippen LogP contribution >= 0.6 is 11.6 Å². The molecule has 0 aliphatic rings. The molecule has 3 aromatic heterocycles. The number of nitrogens with zero attached hydrogens (tertiary/aromatic N) is 3. The first-order valence-electron chi connectivity index (χ1n) is 9.95. The summed E-state index contributed by atoms with van der Waals surface area (Å²) in [6, 6.07) is 6.63. The number of primary amides is 1. The van der Waals surface area contributed by atoms with E-state index in [0.29, 0.717) is 33.5 Å². The Hall–Kier alpha value is -3.65. The van der Waals surface area contributed by atoms with Crippen molar-refractivity contribution in [3.05, 3.63) is 74.4 Å². The molecular weight excluding hydrogens is 430 g/mol. The lowest BCUT2D eigenvalue weighted by atomic mass is 9.99. The highest BCUT2D eigenvalue weighted by atomic mass is 35.5. The fourth-order valence-corrected chi connectivity index (χ4v) is 3.90. The number of carbonyl (C=O) groups excluding carboxylic acids is 1. The fourth-order valence-electron chi connectivity index (χ4n) is 3.75. The predicted octanol–water partition coefficient (Wildman–Crippen LogP) is 4.13. The van der Waals surface area contributed by atoms with Gasteiger partial charge in [0.15, 0.2) is 11.1 Å². The standard InChI is InChI=1S/C23H22ClN5O3/c1-11-7-15(13(3)27-17-5-6-18(24)28-19(17)23(25)31)22-16(8-11)20(30)12(2)21(32-22)14-9-26-29(4)10-14/h5-10,13,27H,1-4H3,(H2,25,31). The molecule has 32 heavy (non-hydrogen) atoms. The molecule has 9 heteroatoms. The first-order chi connectivity index (χ1) is 15.2. The molecule has 0 saturated heterocycles. The van der Waals surface area contributed by atoms with Gasteiger partial charge in [-0.3, -0.25) is 14.3 Å². The van der Waals surface area contributed by atoms with Crippen molar-refractivity contribution in [2.24, 2.45) is 12.8 Å². The van der Waals surface area contributed by atoms with Crippen LogP contribution in [0.3, 0.4) is 0 Å². The minimum absolute atomic E-state index is 0.0367. The first-order valence-corrected chi connectivity index (χ1v) is 10.3. The van der Waals surface area contributed by atoms with Gasteiger partial charge in [0.25, 0.3) is 5.91 Å². The summed E-state index contributed by atoms with van der Waals surface area (Å²) in [5.41, 5.74) is 9.20. The number of nitrogens with one attached hydrogen (secondary N) is 1. The maximum Gasteiger partial charge on any atom is 0.269 e. The molecule has 3 heterocycles. The highest BCUT2D eigenvalue weighted by molar-refractivity contribution is 6.29. The van der Waals surface area contributed by atoms with Crippen molar-refractivity contribution in [2.45, 2.75) is 26.8 Å². The number of fused-ring (bicyclic) bond motifs is 1. The summed E-state index contributed by atoms with van der Waals surface area (Å²) in [6.45, 7) is 5.56. The van der Waals surface area contributed by atoms with Crippen molar-refractivity contribution in [1.82, 2.24) is 14.8 Å². The Kier molecular flexibility index (Phi) is 5.48. The van der Waals surface area contributed by atoms with Gasteiger partial charge >= 0.3 is 0 Å². The molecule has 0 fully saturated rings. The number of nitrogens with two attached hydrogens (primary N) is 1. The van der Waals surface area contributed by atoms with Gasteiger partial charge in [0.2, 0.25) is 0 Å². The number of amides is 1. The first kappa shape index (κ1) is 21.6. The van der Waals surface area contributed by atoms with Gasteiger partial charge in [0.05, 0.1) is 28.9 Å². The predicted molar refractivity (Wildman–Crippen MR) is 124 cm³/mol. The van der Waals surface area contributed by atoms with Crippen LogP contribution in [0.4, 0.5) is 5.69 Å². The van der Waals surface area contributed by atoms with E-state index in [1.807, 2.05) is 26.0 Å². The quantitative estimate of drug-likeness (QED) is 0.441. The number of hydrogen-bond acceptors (Lipinski definition) is 6. The Labute approximate surface area is 189 Å². The molecule has 1 amide bonds. The van der Waals surface area contributed by atoms with Crippen molar-refractivity contribution in [3.8, 4) is 11.3 Å². The number of carbonyl (C=O) groups is 1. The summed E-state index contributed by atoms with van der Waals surface area (Å²) >= 11 is 5.92. The Morgan fingerprint density at radius 2 is 2.03 bits per heavy atom. The van der Waals surface area contributed by atoms with Crippen LogP contribution in [0.15, 0.2) is 45.9 Å². The average Bonchev–Trinajstić information content (AvgIpc) is 3.17. The third kappa shape index (κ3) is 3.85. The van der Waals surface area contributed by atoms with E-state index < -0.39 is 5.91 Å². The number of aromatic nitrogens is 3. The smallest absolute Gasteiger partial charge is 0.269 e. The topological polar surface area (TPSA) is 116 Å². The van der Waals surface area contributed by atoms with Crippen LogP contribution in [0.5, 0.6) is 0 Å². The SMILES string of the molecule is Cc1cc(C(C)Nc2ccc(Cl)nc2C(N)=O)c2oc(-c3cnn(C)c3)c(C)c(=O)c2c1. The number of pyridine rings is 1. The van der Waals surface area contributed by atoms with Gasteiger partial charge in [0, 0.05) is 24.4 Å². The maximum absolute atomic E-state index is 13.2. The van der Waals surface area contributed by atoms with Gasteiger partial charge in [0.1, 0.15) is 16.5 Å². The molecule has 1 unspecified atom stereocenters. The molecule has 0 spiro atoms. The highest BCUT2D eigenvalue weighted by Gasteiger charge is 2.21. The van der Waals surface area contributed by atoms with Crippen molar-refractivity contribution in [3.63, 3.8) is 0 Å². The van der Waals surface area contributed by atoms with E-state index in [0.717, 1.165) is 11.1 Å². The molecule has 0 saturated carbocycles. The van der Waals surface area contributed by atoms with Crippen LogP contribution in [0, 0.1) is 13.8 Å². The van der Waals surface area contributed by atoms with Gasteiger partial charge < -0.3 is 15.5 Å². The third-order valence-electron chi connectivity index (χ3n) is 5.29. The summed E-state index contributed by atoms with van der Waals surface area (Å²) in [7, 11) is 1.80. The number of hydrogen-bond donors (Lipinski definition) is 2. The second-order valence-corrected chi connectivity index (χ2v) is 8.17. The molecule has 1 atom stereocenters. The Morgan fingerprint density at radius 3 is 2.69 bits per heavy atom. The number of rotatable bonds is 5. The molecule has 4 aromatic rings. The molecule has 8 nitrogen and oxygen atoms in total. The monoisotopic (exact) mass is 451 g/mol. The Bertz CT molecular complexity index is 1420. The maximum atomic E-state index is 13.2. The highest BCUT2D eigenvalue weighted by Crippen LogP contribution is 2.32. The van der Waals surface area contributed by atoms with Crippen molar-refractivity contribution >= 4 is 34.2 Å². The fraction of sp³-hybridized carbons (Fsp3) is 0.217. The molecule has 0 bridgehead atoms. The third-order valence-corrected chi connectivity index (χ3v) is 5.50. The Balaban J connectivity index is 1.88. The van der Waals surface area contributed by atoms with E-state index in [1.165, 1.54) is 0 Å². The zero-order valence-electron chi connectivity index (χ0n) is 18.1. The molecule has 1 aromatic carbocycles. The van der Waals surface area contributed by atoms with Crippen LogP contribution in [-0.2, 0) is 7.05 Å². The van der Waals surface area contributed by atoms with E-state index in [2.05, 4.69) is 15.4 Å². The van der Waals surface area contributed by atoms with E-state index >= 15 is 0 Å². The second kappa shape index (κ2) is 8.12. The number of benzene rings is 1. The molecule has 3 N–H and O–H groups in total.